The number of benzene rings is 3. The van der Waals surface area contributed by atoms with Gasteiger partial charge in [0.25, 0.3) is 0 Å². The van der Waals surface area contributed by atoms with E-state index in [9.17, 15) is 4.79 Å². The SMILES string of the molecule is CC(C)(C)OC(=O)N1CCC(c2nc(-c3cccc(N(Cc4ccccc4)Cc4ccccc4)c3)no2)CC1. The fourth-order valence-electron chi connectivity index (χ4n) is 4.84. The van der Waals surface area contributed by atoms with E-state index in [1.165, 1.54) is 11.1 Å². The van der Waals surface area contributed by atoms with Crippen LogP contribution in [0.3, 0.4) is 0 Å². The van der Waals surface area contributed by atoms with Crippen LogP contribution in [0.5, 0.6) is 0 Å². The lowest BCUT2D eigenvalue weighted by Gasteiger charge is -2.32. The van der Waals surface area contributed by atoms with Crippen LogP contribution in [-0.4, -0.2) is 39.8 Å². The fraction of sp³-hybridized carbons (Fsp3) is 0.344. The Labute approximate surface area is 230 Å². The van der Waals surface area contributed by atoms with Gasteiger partial charge in [-0.3, -0.25) is 0 Å². The number of carbonyl (C=O) groups is 1. The number of carbonyl (C=O) groups excluding carboxylic acids is 1. The summed E-state index contributed by atoms with van der Waals surface area (Å²) in [6, 6.07) is 29.3. The third kappa shape index (κ3) is 7.05. The predicted octanol–water partition coefficient (Wildman–Crippen LogP) is 7.06. The number of ether oxygens (including phenoxy) is 1. The summed E-state index contributed by atoms with van der Waals surface area (Å²) in [5, 5.41) is 4.32. The van der Waals surface area contributed by atoms with Gasteiger partial charge < -0.3 is 19.1 Å². The van der Waals surface area contributed by atoms with Crippen molar-refractivity contribution in [2.75, 3.05) is 18.0 Å². The monoisotopic (exact) mass is 524 g/mol. The molecule has 7 nitrogen and oxygen atoms in total. The molecule has 0 N–H and O–H groups in total. The van der Waals surface area contributed by atoms with Crippen LogP contribution < -0.4 is 4.90 Å². The summed E-state index contributed by atoms with van der Waals surface area (Å²) in [7, 11) is 0. The second-order valence-electron chi connectivity index (χ2n) is 11.1. The maximum Gasteiger partial charge on any atom is 0.410 e. The van der Waals surface area contributed by atoms with Crippen molar-refractivity contribution < 1.29 is 14.1 Å². The maximum atomic E-state index is 12.4. The third-order valence-corrected chi connectivity index (χ3v) is 6.84. The van der Waals surface area contributed by atoms with Gasteiger partial charge in [0.2, 0.25) is 11.7 Å². The molecule has 5 rings (SSSR count). The highest BCUT2D eigenvalue weighted by molar-refractivity contribution is 5.68. The molecule has 202 valence electrons. The molecule has 4 aromatic rings. The van der Waals surface area contributed by atoms with Crippen molar-refractivity contribution >= 4 is 11.8 Å². The van der Waals surface area contributed by atoms with Gasteiger partial charge in [-0.15, -0.1) is 0 Å². The van der Waals surface area contributed by atoms with E-state index in [2.05, 4.69) is 70.7 Å². The van der Waals surface area contributed by atoms with Crippen molar-refractivity contribution in [3.05, 3.63) is 102 Å². The zero-order valence-corrected chi connectivity index (χ0v) is 22.9. The van der Waals surface area contributed by atoms with Gasteiger partial charge in [0.05, 0.1) is 0 Å². The smallest absolute Gasteiger partial charge is 0.410 e. The summed E-state index contributed by atoms with van der Waals surface area (Å²) in [6.45, 7) is 8.45. The Morgan fingerprint density at radius 2 is 1.54 bits per heavy atom. The minimum atomic E-state index is -0.498. The minimum absolute atomic E-state index is 0.126. The lowest BCUT2D eigenvalue weighted by molar-refractivity contribution is 0.0198. The molecule has 0 aliphatic carbocycles. The molecule has 1 amide bonds. The first-order valence-electron chi connectivity index (χ1n) is 13.6. The number of hydrogen-bond acceptors (Lipinski definition) is 6. The van der Waals surface area contributed by atoms with E-state index in [-0.39, 0.29) is 12.0 Å². The molecule has 7 heteroatoms. The molecule has 39 heavy (non-hydrogen) atoms. The average molecular weight is 525 g/mol. The van der Waals surface area contributed by atoms with E-state index in [4.69, 9.17) is 14.2 Å². The molecule has 0 bridgehead atoms. The van der Waals surface area contributed by atoms with E-state index < -0.39 is 5.60 Å². The van der Waals surface area contributed by atoms with Crippen LogP contribution in [0.2, 0.25) is 0 Å². The Hall–Kier alpha value is -4.13. The van der Waals surface area contributed by atoms with Crippen LogP contribution in [0.25, 0.3) is 11.4 Å². The molecule has 2 heterocycles. The highest BCUT2D eigenvalue weighted by atomic mass is 16.6. The summed E-state index contributed by atoms with van der Waals surface area (Å²) in [6.07, 6.45) is 1.27. The Morgan fingerprint density at radius 3 is 2.13 bits per heavy atom. The standard InChI is InChI=1S/C32H36N4O3/c1-32(2,3)38-31(37)35-19-17-26(18-20-35)30-33-29(34-39-30)27-15-10-16-28(21-27)36(22-24-11-6-4-7-12-24)23-25-13-8-5-9-14-25/h4-16,21,26H,17-20,22-23H2,1-3H3. The number of nitrogens with zero attached hydrogens (tertiary/aromatic N) is 4. The van der Waals surface area contributed by atoms with Crippen LogP contribution >= 0.6 is 0 Å². The molecular weight excluding hydrogens is 488 g/mol. The number of piperidine rings is 1. The van der Waals surface area contributed by atoms with E-state index >= 15 is 0 Å². The van der Waals surface area contributed by atoms with E-state index in [1.807, 2.05) is 45.0 Å². The van der Waals surface area contributed by atoms with Crippen molar-refractivity contribution in [1.82, 2.24) is 15.0 Å². The second kappa shape index (κ2) is 11.7. The van der Waals surface area contributed by atoms with Crippen LogP contribution in [0, 0.1) is 0 Å². The highest BCUT2D eigenvalue weighted by Gasteiger charge is 2.30. The largest absolute Gasteiger partial charge is 0.444 e. The normalized spacial score (nSPS) is 14.3. The minimum Gasteiger partial charge on any atom is -0.444 e. The lowest BCUT2D eigenvalue weighted by atomic mass is 9.97. The van der Waals surface area contributed by atoms with Gasteiger partial charge in [-0.05, 0) is 56.9 Å². The molecule has 0 atom stereocenters. The van der Waals surface area contributed by atoms with Gasteiger partial charge in [0.15, 0.2) is 0 Å². The van der Waals surface area contributed by atoms with Gasteiger partial charge in [0, 0.05) is 43.3 Å². The van der Waals surface area contributed by atoms with Gasteiger partial charge >= 0.3 is 6.09 Å². The number of anilines is 1. The number of rotatable bonds is 7. The molecule has 1 aliphatic rings. The molecule has 1 aliphatic heterocycles. The van der Waals surface area contributed by atoms with Crippen molar-refractivity contribution in [2.24, 2.45) is 0 Å². The van der Waals surface area contributed by atoms with E-state index in [1.54, 1.807) is 4.90 Å². The summed E-state index contributed by atoms with van der Waals surface area (Å²) in [5.41, 5.74) is 4.01. The first kappa shape index (κ1) is 26.5. The zero-order chi connectivity index (χ0) is 27.2. The fourth-order valence-corrected chi connectivity index (χ4v) is 4.84. The van der Waals surface area contributed by atoms with Gasteiger partial charge in [-0.25, -0.2) is 4.79 Å². The number of likely N-dealkylation sites (tertiary alicyclic amines) is 1. The molecule has 3 aromatic carbocycles. The predicted molar refractivity (Wildman–Crippen MR) is 152 cm³/mol. The second-order valence-corrected chi connectivity index (χ2v) is 11.1. The Kier molecular flexibility index (Phi) is 7.96. The highest BCUT2D eigenvalue weighted by Crippen LogP contribution is 2.31. The van der Waals surface area contributed by atoms with E-state index in [0.717, 1.165) is 37.2 Å². The molecule has 1 saturated heterocycles. The van der Waals surface area contributed by atoms with Crippen LogP contribution in [0.15, 0.2) is 89.5 Å². The van der Waals surface area contributed by atoms with Crippen molar-refractivity contribution in [1.29, 1.82) is 0 Å². The maximum absolute atomic E-state index is 12.4. The molecule has 0 radical (unpaired) electrons. The van der Waals surface area contributed by atoms with Crippen molar-refractivity contribution in [2.45, 2.75) is 58.2 Å². The van der Waals surface area contributed by atoms with E-state index in [0.29, 0.717) is 24.8 Å². The molecule has 1 fully saturated rings. The summed E-state index contributed by atoms with van der Waals surface area (Å²) >= 11 is 0. The molecule has 0 spiro atoms. The van der Waals surface area contributed by atoms with Crippen LogP contribution in [0.1, 0.15) is 56.5 Å². The lowest BCUT2D eigenvalue weighted by Crippen LogP contribution is -2.41. The van der Waals surface area contributed by atoms with Gasteiger partial charge in [0.1, 0.15) is 5.60 Å². The van der Waals surface area contributed by atoms with Crippen LogP contribution in [0.4, 0.5) is 10.5 Å². The van der Waals surface area contributed by atoms with Crippen LogP contribution in [-0.2, 0) is 17.8 Å². The van der Waals surface area contributed by atoms with Gasteiger partial charge in [-0.1, -0.05) is 78.0 Å². The Balaban J connectivity index is 1.30. The first-order chi connectivity index (χ1) is 18.8. The van der Waals surface area contributed by atoms with Crippen molar-refractivity contribution in [3.8, 4) is 11.4 Å². The number of amides is 1. The Morgan fingerprint density at radius 1 is 0.923 bits per heavy atom. The van der Waals surface area contributed by atoms with Gasteiger partial charge in [-0.2, -0.15) is 4.98 Å². The first-order valence-corrected chi connectivity index (χ1v) is 13.6. The van der Waals surface area contributed by atoms with Crippen molar-refractivity contribution in [3.63, 3.8) is 0 Å². The molecular formula is C32H36N4O3. The number of hydrogen-bond donors (Lipinski definition) is 0. The quantitative estimate of drug-likeness (QED) is 0.258. The molecule has 0 saturated carbocycles. The molecule has 1 aromatic heterocycles. The Bertz CT molecular complexity index is 1320. The zero-order valence-electron chi connectivity index (χ0n) is 22.9. The summed E-state index contributed by atoms with van der Waals surface area (Å²) in [5.74, 6) is 1.34. The molecule has 0 unspecified atom stereocenters. The summed E-state index contributed by atoms with van der Waals surface area (Å²) in [4.78, 5) is 21.3. The average Bonchev–Trinajstić information content (AvgIpc) is 3.44. The topological polar surface area (TPSA) is 71.7 Å². The third-order valence-electron chi connectivity index (χ3n) is 6.84. The number of aromatic nitrogens is 2. The summed E-state index contributed by atoms with van der Waals surface area (Å²) < 4.78 is 11.2.